The molecule has 29 heteroatoms. The van der Waals surface area contributed by atoms with E-state index in [0.717, 1.165) is 19.3 Å². The Labute approximate surface area is 498 Å². The monoisotopic (exact) mass is 1240 g/mol. The van der Waals surface area contributed by atoms with Crippen LogP contribution in [-0.2, 0) is 56.8 Å². The van der Waals surface area contributed by atoms with Gasteiger partial charge in [-0.05, 0) is 97.7 Å². The van der Waals surface area contributed by atoms with Crippen LogP contribution in [0.2, 0.25) is 0 Å². The molecule has 10 fully saturated rings. The highest BCUT2D eigenvalue weighted by Gasteiger charge is 2.70. The van der Waals surface area contributed by atoms with Gasteiger partial charge in [0, 0.05) is 19.4 Å². The highest BCUT2D eigenvalue weighted by Crippen LogP contribution is 2.71. The van der Waals surface area contributed by atoms with E-state index in [1.807, 2.05) is 6.92 Å². The van der Waals surface area contributed by atoms with Crippen molar-refractivity contribution in [3.63, 3.8) is 0 Å². The van der Waals surface area contributed by atoms with E-state index < -0.39 is 198 Å². The molecule has 29 nitrogen and oxygen atoms in total. The number of aliphatic hydroxyl groups is 17. The molecular weight excluding hydrogens is 1150 g/mol. The van der Waals surface area contributed by atoms with E-state index in [0.29, 0.717) is 38.5 Å². The zero-order valence-electron chi connectivity index (χ0n) is 49.2. The van der Waals surface area contributed by atoms with Crippen molar-refractivity contribution in [3.8, 4) is 0 Å². The van der Waals surface area contributed by atoms with Crippen LogP contribution in [0.1, 0.15) is 85.5 Å². The Balaban J connectivity index is 0.775. The van der Waals surface area contributed by atoms with E-state index in [2.05, 4.69) is 20.8 Å². The summed E-state index contributed by atoms with van der Waals surface area (Å²) in [6.45, 7) is 5.30. The molecule has 10 rings (SSSR count). The highest BCUT2D eigenvalue weighted by molar-refractivity contribution is 5.16. The number of hydrogen-bond acceptors (Lipinski definition) is 29. The van der Waals surface area contributed by atoms with Crippen LogP contribution < -0.4 is 0 Å². The van der Waals surface area contributed by atoms with Gasteiger partial charge in [0.1, 0.15) is 116 Å². The average Bonchev–Trinajstić information content (AvgIpc) is 1.50. The van der Waals surface area contributed by atoms with Crippen molar-refractivity contribution in [2.75, 3.05) is 46.8 Å². The molecule has 498 valence electrons. The lowest BCUT2D eigenvalue weighted by Gasteiger charge is -2.62. The highest BCUT2D eigenvalue weighted by atomic mass is 16.8. The lowest BCUT2D eigenvalue weighted by molar-refractivity contribution is -0.404. The molecule has 0 radical (unpaired) electrons. The summed E-state index contributed by atoms with van der Waals surface area (Å²) < 4.78 is 72.5. The minimum Gasteiger partial charge on any atom is -0.394 e. The second kappa shape index (κ2) is 27.1. The summed E-state index contributed by atoms with van der Waals surface area (Å²) >= 11 is 0. The molecule has 6 aliphatic heterocycles. The molecule has 0 aromatic carbocycles. The van der Waals surface area contributed by atoms with Crippen LogP contribution in [0.5, 0.6) is 0 Å². The molecule has 0 bridgehead atoms. The van der Waals surface area contributed by atoms with E-state index in [1.54, 1.807) is 7.11 Å². The fraction of sp³-hybridized carbons (Fsp3) is 1.00. The number of fused-ring (bicyclic) bond motifs is 7. The Morgan fingerprint density at radius 1 is 0.500 bits per heavy atom. The molecule has 6 saturated heterocycles. The molecule has 0 amide bonds. The Bertz CT molecular complexity index is 2190. The summed E-state index contributed by atoms with van der Waals surface area (Å²) in [6, 6.07) is 0. The number of hydrogen-bond donors (Lipinski definition) is 17. The maximum absolute atomic E-state index is 12.3. The fourth-order valence-corrected chi connectivity index (χ4v) is 17.2. The normalized spacial score (nSPS) is 55.3. The van der Waals surface area contributed by atoms with Crippen LogP contribution in [0.3, 0.4) is 0 Å². The van der Waals surface area contributed by atoms with Crippen molar-refractivity contribution in [1.29, 1.82) is 0 Å². The minimum atomic E-state index is -2.04. The lowest BCUT2D eigenvalue weighted by Crippen LogP contribution is -2.68. The van der Waals surface area contributed by atoms with Crippen molar-refractivity contribution >= 4 is 0 Å². The average molecular weight is 1250 g/mol. The second-order valence-corrected chi connectivity index (χ2v) is 26.9. The fourth-order valence-electron chi connectivity index (χ4n) is 17.2. The van der Waals surface area contributed by atoms with Gasteiger partial charge in [-0.25, -0.2) is 0 Å². The maximum Gasteiger partial charge on any atom is 0.187 e. The van der Waals surface area contributed by atoms with Crippen LogP contribution in [-0.4, -0.2) is 305 Å². The standard InChI is InChI=1S/C57H96O29/c1-21(19-76-50-44(72)40(68)37(65)31(15-58)79-50)6-11-57(75-5)22(2)35-30(86-57)14-26-24-13-28(62)27-12-23(7-9-55(27,3)25(24)8-10-56(26,35)4)78-52-46(74)42(70)47(34(18-61)82-52)83-54-49(85-53-45(73)41(69)38(66)32(16-59)80-53)48(39(67)33(17-60)81-54)84-51-43(71)36(64)29(63)20-77-51/h21-54,58-74H,6-20H2,1-5H3/t21-,22+,23+,24-,25+,26+,27-,28-,29-,30+,31-,32-,33-,34-,35+,36+,37-,38-,39-,40+,41+,42-,43-,44-,45-,46-,47+,48+,49-,50-,51+,52-,53+,54+,55-,56+,57?/m1/s1. The topological polar surface area (TPSA) is 455 Å². The van der Waals surface area contributed by atoms with Gasteiger partial charge in [0.15, 0.2) is 37.2 Å². The first-order chi connectivity index (χ1) is 40.8. The quantitative estimate of drug-likeness (QED) is 0.0536. The third kappa shape index (κ3) is 12.2. The van der Waals surface area contributed by atoms with E-state index in [4.69, 9.17) is 56.8 Å². The Morgan fingerprint density at radius 3 is 1.70 bits per heavy atom. The van der Waals surface area contributed by atoms with E-state index in [1.165, 1.54) is 0 Å². The van der Waals surface area contributed by atoms with E-state index in [9.17, 15) is 86.8 Å². The van der Waals surface area contributed by atoms with Gasteiger partial charge in [-0.3, -0.25) is 0 Å². The largest absolute Gasteiger partial charge is 0.394 e. The maximum atomic E-state index is 12.3. The van der Waals surface area contributed by atoms with Gasteiger partial charge in [-0.1, -0.05) is 27.7 Å². The molecule has 6 heterocycles. The van der Waals surface area contributed by atoms with Crippen LogP contribution in [0.25, 0.3) is 0 Å². The van der Waals surface area contributed by atoms with Gasteiger partial charge >= 0.3 is 0 Å². The van der Waals surface area contributed by atoms with Crippen molar-refractivity contribution in [1.82, 2.24) is 0 Å². The van der Waals surface area contributed by atoms with Gasteiger partial charge in [0.05, 0.1) is 58.0 Å². The molecule has 37 atom stereocenters. The Kier molecular flexibility index (Phi) is 21.3. The minimum absolute atomic E-state index is 0.0255. The van der Waals surface area contributed by atoms with Crippen molar-refractivity contribution in [3.05, 3.63) is 0 Å². The van der Waals surface area contributed by atoms with Gasteiger partial charge in [0.2, 0.25) is 0 Å². The van der Waals surface area contributed by atoms with Crippen molar-refractivity contribution in [2.24, 2.45) is 52.3 Å². The summed E-state index contributed by atoms with van der Waals surface area (Å²) in [6.07, 6.45) is -36.1. The predicted octanol–water partition coefficient (Wildman–Crippen LogP) is -5.87. The Hall–Kier alpha value is -1.16. The molecule has 4 aliphatic carbocycles. The SMILES string of the molecule is COC1(CC[C@@H](C)CO[C@@H]2O[C@H](CO)[C@@H](O)[C@H](O)[C@H]2O)O[C@H]2C[C@H]3[C@@H]4C[C@@H](O)[C@H]5C[C@@H](O[C@@H]6O[C@H](CO)[C@H](O[C@@H]7O[C@H](CO)[C@@H](O)[C@H](O[C@@H]8OC[C@@H](O)[C@H](O)[C@H]8O)[C@H]7O[C@@H]7O[C@H](CO)[C@@H](O)[C@H](O)[C@H]7O)[C@H](O)[C@H]6O)CC[C@]5(C)[C@H]4CC[C@]3(C)[C@H]2[C@@H]1C. The predicted molar refractivity (Wildman–Crippen MR) is 284 cm³/mol. The number of aliphatic hydroxyl groups excluding tert-OH is 17. The van der Waals surface area contributed by atoms with E-state index in [-0.39, 0.29) is 65.0 Å². The first kappa shape index (κ1) is 67.7. The lowest BCUT2D eigenvalue weighted by atomic mass is 9.43. The van der Waals surface area contributed by atoms with E-state index >= 15 is 0 Å². The third-order valence-electron chi connectivity index (χ3n) is 22.1. The van der Waals surface area contributed by atoms with Crippen LogP contribution in [0.4, 0.5) is 0 Å². The van der Waals surface area contributed by atoms with Crippen molar-refractivity contribution in [2.45, 2.75) is 257 Å². The number of rotatable bonds is 19. The molecule has 0 aromatic rings. The third-order valence-corrected chi connectivity index (χ3v) is 22.1. The second-order valence-electron chi connectivity index (χ2n) is 26.9. The molecule has 0 spiro atoms. The number of methoxy groups -OCH3 is 1. The summed E-state index contributed by atoms with van der Waals surface area (Å²) in [4.78, 5) is 0. The molecule has 4 saturated carbocycles. The summed E-state index contributed by atoms with van der Waals surface area (Å²) in [5.74, 6) is -0.124. The molecular formula is C57H96O29. The summed E-state index contributed by atoms with van der Waals surface area (Å²) in [7, 11) is 1.68. The van der Waals surface area contributed by atoms with Crippen molar-refractivity contribution < 1.29 is 144 Å². The zero-order chi connectivity index (χ0) is 62.2. The molecule has 86 heavy (non-hydrogen) atoms. The molecule has 1 unspecified atom stereocenters. The molecule has 10 aliphatic rings. The first-order valence-corrected chi connectivity index (χ1v) is 30.8. The van der Waals surface area contributed by atoms with Gasteiger partial charge < -0.3 is 144 Å². The van der Waals surface area contributed by atoms with Crippen LogP contribution in [0.15, 0.2) is 0 Å². The molecule has 0 aromatic heterocycles. The summed E-state index contributed by atoms with van der Waals surface area (Å²) in [5.41, 5.74) is -0.386. The number of ether oxygens (including phenoxy) is 12. The molecule has 17 N–H and O–H groups in total. The van der Waals surface area contributed by atoms with Crippen LogP contribution in [0, 0.1) is 52.3 Å². The summed E-state index contributed by atoms with van der Waals surface area (Å²) in [5, 5.41) is 183. The smallest absolute Gasteiger partial charge is 0.187 e. The Morgan fingerprint density at radius 2 is 1.05 bits per heavy atom. The zero-order valence-corrected chi connectivity index (χ0v) is 49.2. The van der Waals surface area contributed by atoms with Gasteiger partial charge in [0.25, 0.3) is 0 Å². The van der Waals surface area contributed by atoms with Gasteiger partial charge in [-0.15, -0.1) is 0 Å². The van der Waals surface area contributed by atoms with Gasteiger partial charge in [-0.2, -0.15) is 0 Å². The first-order valence-electron chi connectivity index (χ1n) is 30.8. The van der Waals surface area contributed by atoms with Crippen LogP contribution >= 0.6 is 0 Å².